The normalized spacial score (nSPS) is 10.4. The molecule has 0 aliphatic carbocycles. The topological polar surface area (TPSA) is 137 Å². The van der Waals surface area contributed by atoms with Gasteiger partial charge in [-0.15, -0.1) is 21.5 Å². The zero-order chi connectivity index (χ0) is 23.8. The second-order valence-corrected chi connectivity index (χ2v) is 8.30. The molecule has 0 saturated heterocycles. The number of hydrogen-bond acceptors (Lipinski definition) is 11. The molecule has 33 heavy (non-hydrogen) atoms. The van der Waals surface area contributed by atoms with Crippen molar-refractivity contribution in [1.29, 1.82) is 5.26 Å². The fourth-order valence-electron chi connectivity index (χ4n) is 2.59. The molecule has 2 heterocycles. The SMILES string of the molecule is CCOC(=O)c1sc(NC(=O)CSc2nnc(COc3ccc(OC)cc3)o2)c(C#N)c1C. The number of methoxy groups -OCH3 is 1. The number of benzene rings is 1. The highest BCUT2D eigenvalue weighted by Crippen LogP contribution is 2.33. The Balaban J connectivity index is 1.53. The van der Waals surface area contributed by atoms with Gasteiger partial charge >= 0.3 is 5.97 Å². The molecule has 1 amide bonds. The van der Waals surface area contributed by atoms with Crippen LogP contribution in [0, 0.1) is 18.3 Å². The zero-order valence-electron chi connectivity index (χ0n) is 18.0. The number of anilines is 1. The van der Waals surface area contributed by atoms with Gasteiger partial charge in [-0.1, -0.05) is 11.8 Å². The van der Waals surface area contributed by atoms with Crippen molar-refractivity contribution in [1.82, 2.24) is 10.2 Å². The smallest absolute Gasteiger partial charge is 0.348 e. The Morgan fingerprint density at radius 1 is 1.24 bits per heavy atom. The molecule has 0 aliphatic heterocycles. The quantitative estimate of drug-likeness (QED) is 0.331. The predicted molar refractivity (Wildman–Crippen MR) is 121 cm³/mol. The summed E-state index contributed by atoms with van der Waals surface area (Å²) in [4.78, 5) is 24.7. The van der Waals surface area contributed by atoms with E-state index in [-0.39, 0.29) is 46.4 Å². The van der Waals surface area contributed by atoms with Crippen molar-refractivity contribution in [2.45, 2.75) is 25.7 Å². The van der Waals surface area contributed by atoms with Crippen LogP contribution < -0.4 is 14.8 Å². The molecule has 3 rings (SSSR count). The van der Waals surface area contributed by atoms with Gasteiger partial charge in [0.05, 0.1) is 25.0 Å². The standard InChI is InChI=1S/C21H20N4O6S2/c1-4-29-20(27)18-12(2)15(9-22)19(33-18)23-16(26)11-32-21-25-24-17(31-21)10-30-14-7-5-13(28-3)6-8-14/h5-8H,4,10-11H2,1-3H3,(H,23,26). The van der Waals surface area contributed by atoms with Crippen LogP contribution in [0.1, 0.15) is 33.6 Å². The molecule has 0 unspecified atom stereocenters. The number of hydrogen-bond donors (Lipinski definition) is 1. The van der Waals surface area contributed by atoms with Crippen molar-refractivity contribution in [2.24, 2.45) is 0 Å². The number of carbonyl (C=O) groups excluding carboxylic acids is 2. The largest absolute Gasteiger partial charge is 0.497 e. The maximum absolute atomic E-state index is 12.4. The number of carbonyl (C=O) groups is 2. The highest BCUT2D eigenvalue weighted by molar-refractivity contribution is 7.99. The van der Waals surface area contributed by atoms with Gasteiger partial charge in [0.2, 0.25) is 5.91 Å². The summed E-state index contributed by atoms with van der Waals surface area (Å²) in [6.07, 6.45) is 0. The summed E-state index contributed by atoms with van der Waals surface area (Å²) in [7, 11) is 1.58. The molecule has 0 atom stereocenters. The first kappa shape index (κ1) is 24.1. The number of ether oxygens (including phenoxy) is 3. The highest BCUT2D eigenvalue weighted by Gasteiger charge is 2.22. The third-order valence-corrected chi connectivity index (χ3v) is 6.17. The highest BCUT2D eigenvalue weighted by atomic mass is 32.2. The lowest BCUT2D eigenvalue weighted by Gasteiger charge is -2.04. The molecule has 0 fully saturated rings. The fourth-order valence-corrected chi connectivity index (χ4v) is 4.24. The van der Waals surface area contributed by atoms with Crippen LogP contribution in [0.25, 0.3) is 0 Å². The van der Waals surface area contributed by atoms with Crippen LogP contribution in [0.15, 0.2) is 33.9 Å². The van der Waals surface area contributed by atoms with E-state index in [1.165, 1.54) is 0 Å². The van der Waals surface area contributed by atoms with Gasteiger partial charge in [-0.2, -0.15) is 5.26 Å². The van der Waals surface area contributed by atoms with Crippen molar-refractivity contribution in [2.75, 3.05) is 24.8 Å². The van der Waals surface area contributed by atoms with Crippen molar-refractivity contribution in [3.05, 3.63) is 46.2 Å². The Morgan fingerprint density at radius 3 is 2.64 bits per heavy atom. The molecule has 0 saturated carbocycles. The summed E-state index contributed by atoms with van der Waals surface area (Å²) in [5, 5.41) is 20.3. The molecular formula is C21H20N4O6S2. The van der Waals surface area contributed by atoms with E-state index in [1.54, 1.807) is 45.2 Å². The minimum atomic E-state index is -0.526. The van der Waals surface area contributed by atoms with Crippen molar-refractivity contribution in [3.8, 4) is 17.6 Å². The van der Waals surface area contributed by atoms with Gasteiger partial charge in [0.15, 0.2) is 6.61 Å². The van der Waals surface area contributed by atoms with E-state index in [4.69, 9.17) is 18.6 Å². The summed E-state index contributed by atoms with van der Waals surface area (Å²) in [5.74, 6) is 0.646. The number of nitrogens with one attached hydrogen (secondary N) is 1. The number of nitriles is 1. The Morgan fingerprint density at radius 2 is 1.97 bits per heavy atom. The van der Waals surface area contributed by atoms with Crippen LogP contribution in [0.3, 0.4) is 0 Å². The summed E-state index contributed by atoms with van der Waals surface area (Å²) >= 11 is 2.05. The van der Waals surface area contributed by atoms with Gasteiger partial charge in [-0.25, -0.2) is 4.79 Å². The number of aromatic nitrogens is 2. The van der Waals surface area contributed by atoms with E-state index in [1.807, 2.05) is 6.07 Å². The van der Waals surface area contributed by atoms with E-state index < -0.39 is 5.97 Å². The second-order valence-electron chi connectivity index (χ2n) is 6.36. The first-order valence-electron chi connectivity index (χ1n) is 9.67. The Kier molecular flexibility index (Phi) is 8.28. The number of thiophene rings is 1. The average Bonchev–Trinajstić information content (AvgIpc) is 3.40. The molecule has 3 aromatic rings. The third-order valence-electron chi connectivity index (χ3n) is 4.17. The summed E-state index contributed by atoms with van der Waals surface area (Å²) in [5.41, 5.74) is 0.708. The van der Waals surface area contributed by atoms with Gasteiger partial charge in [0.25, 0.3) is 11.1 Å². The minimum Gasteiger partial charge on any atom is -0.497 e. The lowest BCUT2D eigenvalue weighted by molar-refractivity contribution is -0.113. The van der Waals surface area contributed by atoms with Gasteiger partial charge in [0.1, 0.15) is 27.4 Å². The molecule has 1 aromatic carbocycles. The van der Waals surface area contributed by atoms with Crippen molar-refractivity contribution in [3.63, 3.8) is 0 Å². The number of nitrogens with zero attached hydrogens (tertiary/aromatic N) is 3. The van der Waals surface area contributed by atoms with E-state index in [0.29, 0.717) is 22.1 Å². The van der Waals surface area contributed by atoms with Crippen LogP contribution in [-0.4, -0.2) is 41.5 Å². The number of esters is 1. The molecule has 12 heteroatoms. The number of rotatable bonds is 10. The van der Waals surface area contributed by atoms with Gasteiger partial charge in [0, 0.05) is 0 Å². The fraction of sp³-hybridized carbons (Fsp3) is 0.286. The van der Waals surface area contributed by atoms with Crippen molar-refractivity contribution < 1.29 is 28.2 Å². The summed E-state index contributed by atoms with van der Waals surface area (Å²) in [6, 6.07) is 9.06. The van der Waals surface area contributed by atoms with E-state index in [0.717, 1.165) is 23.1 Å². The molecular weight excluding hydrogens is 468 g/mol. The van der Waals surface area contributed by atoms with Crippen LogP contribution in [0.4, 0.5) is 5.00 Å². The minimum absolute atomic E-state index is 0.0302. The average molecular weight is 489 g/mol. The first-order valence-corrected chi connectivity index (χ1v) is 11.5. The lowest BCUT2D eigenvalue weighted by Crippen LogP contribution is -2.13. The third kappa shape index (κ3) is 6.24. The van der Waals surface area contributed by atoms with Crippen LogP contribution in [0.2, 0.25) is 0 Å². The van der Waals surface area contributed by atoms with E-state index >= 15 is 0 Å². The molecule has 0 radical (unpaired) electrons. The summed E-state index contributed by atoms with van der Waals surface area (Å²) < 4.78 is 21.1. The van der Waals surface area contributed by atoms with Crippen LogP contribution >= 0.6 is 23.1 Å². The van der Waals surface area contributed by atoms with Crippen LogP contribution in [-0.2, 0) is 16.1 Å². The molecule has 2 aromatic heterocycles. The first-order chi connectivity index (χ1) is 15.9. The summed E-state index contributed by atoms with van der Waals surface area (Å²) in [6.45, 7) is 3.62. The molecule has 10 nitrogen and oxygen atoms in total. The van der Waals surface area contributed by atoms with Crippen molar-refractivity contribution >= 4 is 40.0 Å². The Bertz CT molecular complexity index is 1170. The molecule has 0 spiro atoms. The number of thioether (sulfide) groups is 1. The van der Waals surface area contributed by atoms with Gasteiger partial charge in [-0.05, 0) is 43.7 Å². The lowest BCUT2D eigenvalue weighted by atomic mass is 10.2. The molecule has 1 N–H and O–H groups in total. The van der Waals surface area contributed by atoms with Crippen LogP contribution in [0.5, 0.6) is 11.5 Å². The monoisotopic (exact) mass is 488 g/mol. The predicted octanol–water partition coefficient (Wildman–Crippen LogP) is 3.81. The Labute approximate surface area is 197 Å². The molecule has 172 valence electrons. The van der Waals surface area contributed by atoms with Gasteiger partial charge in [-0.3, -0.25) is 4.79 Å². The maximum Gasteiger partial charge on any atom is 0.348 e. The molecule has 0 aliphatic rings. The second kappa shape index (κ2) is 11.3. The van der Waals surface area contributed by atoms with E-state index in [9.17, 15) is 14.9 Å². The van der Waals surface area contributed by atoms with E-state index in [2.05, 4.69) is 15.5 Å². The zero-order valence-corrected chi connectivity index (χ0v) is 19.7. The maximum atomic E-state index is 12.4. The molecule has 0 bridgehead atoms. The number of amides is 1. The Hall–Kier alpha value is -3.56. The van der Waals surface area contributed by atoms with Gasteiger partial charge < -0.3 is 23.9 Å².